The number of nitrogens with one attached hydrogen (secondary N) is 1. The van der Waals surface area contributed by atoms with Gasteiger partial charge in [-0.25, -0.2) is 15.0 Å². The van der Waals surface area contributed by atoms with E-state index in [0.717, 1.165) is 57.2 Å². The van der Waals surface area contributed by atoms with Gasteiger partial charge in [0.25, 0.3) is 5.91 Å². The Morgan fingerprint density at radius 3 is 2.88 bits per heavy atom. The monoisotopic (exact) mass is 356 g/mol. The molecule has 2 aliphatic heterocycles. The van der Waals surface area contributed by atoms with Crippen LogP contribution in [-0.4, -0.2) is 57.8 Å². The van der Waals surface area contributed by atoms with Gasteiger partial charge in [-0.2, -0.15) is 0 Å². The van der Waals surface area contributed by atoms with Gasteiger partial charge in [-0.05, 0) is 25.3 Å². The van der Waals surface area contributed by atoms with Gasteiger partial charge < -0.3 is 19.5 Å². The molecule has 8 nitrogen and oxygen atoms in total. The quantitative estimate of drug-likeness (QED) is 0.883. The SMILES string of the molecule is Cn1cnc(C(=O)NC2CCN(c3nccc(C4CCOCC4)n3)C2)c1. The first kappa shape index (κ1) is 17.0. The van der Waals surface area contributed by atoms with Gasteiger partial charge in [-0.1, -0.05) is 0 Å². The maximum atomic E-state index is 12.3. The van der Waals surface area contributed by atoms with Crippen LogP contribution in [0.4, 0.5) is 5.95 Å². The molecule has 2 fully saturated rings. The summed E-state index contributed by atoms with van der Waals surface area (Å²) >= 11 is 0. The molecule has 0 aliphatic carbocycles. The molecule has 2 aromatic heterocycles. The summed E-state index contributed by atoms with van der Waals surface area (Å²) in [4.78, 5) is 27.7. The van der Waals surface area contributed by atoms with Gasteiger partial charge in [0.1, 0.15) is 5.69 Å². The zero-order valence-electron chi connectivity index (χ0n) is 15.0. The van der Waals surface area contributed by atoms with Crippen molar-refractivity contribution in [1.82, 2.24) is 24.8 Å². The fourth-order valence-electron chi connectivity index (χ4n) is 3.58. The van der Waals surface area contributed by atoms with Crippen molar-refractivity contribution in [3.05, 3.63) is 36.2 Å². The molecule has 4 heterocycles. The Morgan fingerprint density at radius 1 is 1.27 bits per heavy atom. The van der Waals surface area contributed by atoms with Crippen LogP contribution in [0.15, 0.2) is 24.8 Å². The normalized spacial score (nSPS) is 21.1. The maximum absolute atomic E-state index is 12.3. The van der Waals surface area contributed by atoms with E-state index in [1.54, 1.807) is 17.1 Å². The summed E-state index contributed by atoms with van der Waals surface area (Å²) in [6.07, 6.45) is 8.10. The first-order valence-corrected chi connectivity index (χ1v) is 9.13. The number of amides is 1. The fraction of sp³-hybridized carbons (Fsp3) is 0.556. The van der Waals surface area contributed by atoms with E-state index in [2.05, 4.69) is 20.2 Å². The van der Waals surface area contributed by atoms with Crippen molar-refractivity contribution in [3.8, 4) is 0 Å². The molecular formula is C18H24N6O2. The first-order valence-electron chi connectivity index (χ1n) is 9.13. The lowest BCUT2D eigenvalue weighted by Gasteiger charge is -2.23. The number of hydrogen-bond donors (Lipinski definition) is 1. The molecule has 2 saturated heterocycles. The predicted molar refractivity (Wildman–Crippen MR) is 96.1 cm³/mol. The van der Waals surface area contributed by atoms with Crippen LogP contribution in [0.3, 0.4) is 0 Å². The molecule has 26 heavy (non-hydrogen) atoms. The average Bonchev–Trinajstić information content (AvgIpc) is 3.32. The van der Waals surface area contributed by atoms with E-state index in [4.69, 9.17) is 9.72 Å². The molecule has 1 N–H and O–H groups in total. The van der Waals surface area contributed by atoms with Crippen LogP contribution in [0.5, 0.6) is 0 Å². The maximum Gasteiger partial charge on any atom is 0.271 e. The number of aromatic nitrogens is 4. The number of carbonyl (C=O) groups excluding carboxylic acids is 1. The highest BCUT2D eigenvalue weighted by molar-refractivity contribution is 5.92. The van der Waals surface area contributed by atoms with E-state index in [1.807, 2.05) is 19.3 Å². The number of anilines is 1. The lowest BCUT2D eigenvalue weighted by molar-refractivity contribution is 0.0845. The van der Waals surface area contributed by atoms with Crippen LogP contribution in [0.2, 0.25) is 0 Å². The number of nitrogens with zero attached hydrogens (tertiary/aromatic N) is 5. The Morgan fingerprint density at radius 2 is 2.12 bits per heavy atom. The second-order valence-corrected chi connectivity index (χ2v) is 7.00. The van der Waals surface area contributed by atoms with Gasteiger partial charge in [-0.3, -0.25) is 4.79 Å². The summed E-state index contributed by atoms with van der Waals surface area (Å²) in [5, 5.41) is 3.06. The summed E-state index contributed by atoms with van der Waals surface area (Å²) in [5.41, 5.74) is 1.54. The lowest BCUT2D eigenvalue weighted by Crippen LogP contribution is -2.37. The molecule has 0 aromatic carbocycles. The highest BCUT2D eigenvalue weighted by atomic mass is 16.5. The third-order valence-corrected chi connectivity index (χ3v) is 5.05. The van der Waals surface area contributed by atoms with E-state index < -0.39 is 0 Å². The van der Waals surface area contributed by atoms with Crippen LogP contribution >= 0.6 is 0 Å². The smallest absolute Gasteiger partial charge is 0.271 e. The standard InChI is InChI=1S/C18H24N6O2/c1-23-11-16(20-12-23)17(25)21-14-3-7-24(10-14)18-19-6-2-15(22-18)13-4-8-26-9-5-13/h2,6,11-14H,3-5,7-10H2,1H3,(H,21,25). The van der Waals surface area contributed by atoms with Crippen LogP contribution in [-0.2, 0) is 11.8 Å². The first-order chi connectivity index (χ1) is 12.7. The predicted octanol–water partition coefficient (Wildman–Crippen LogP) is 1.11. The van der Waals surface area contributed by atoms with Crippen molar-refractivity contribution in [2.75, 3.05) is 31.2 Å². The molecule has 1 atom stereocenters. The summed E-state index contributed by atoms with van der Waals surface area (Å²) in [6, 6.07) is 2.09. The number of imidazole rings is 1. The van der Waals surface area contributed by atoms with E-state index in [-0.39, 0.29) is 11.9 Å². The minimum atomic E-state index is -0.130. The average molecular weight is 356 g/mol. The minimum absolute atomic E-state index is 0.0832. The van der Waals surface area contributed by atoms with Gasteiger partial charge in [0.15, 0.2) is 0 Å². The van der Waals surface area contributed by atoms with E-state index in [0.29, 0.717) is 11.6 Å². The Hall–Kier alpha value is -2.48. The Bertz CT molecular complexity index is 771. The van der Waals surface area contributed by atoms with Crippen molar-refractivity contribution in [2.45, 2.75) is 31.2 Å². The summed E-state index contributed by atoms with van der Waals surface area (Å²) in [6.45, 7) is 3.16. The number of aryl methyl sites for hydroxylation is 1. The highest BCUT2D eigenvalue weighted by Crippen LogP contribution is 2.26. The van der Waals surface area contributed by atoms with Crippen molar-refractivity contribution in [1.29, 1.82) is 0 Å². The topological polar surface area (TPSA) is 85.2 Å². The molecule has 1 unspecified atom stereocenters. The van der Waals surface area contributed by atoms with Crippen LogP contribution in [0, 0.1) is 0 Å². The molecule has 0 saturated carbocycles. The third-order valence-electron chi connectivity index (χ3n) is 5.05. The number of ether oxygens (including phenoxy) is 1. The molecule has 138 valence electrons. The molecule has 2 aliphatic rings. The van der Waals surface area contributed by atoms with Crippen molar-refractivity contribution in [2.24, 2.45) is 7.05 Å². The van der Waals surface area contributed by atoms with Crippen LogP contribution < -0.4 is 10.2 Å². The van der Waals surface area contributed by atoms with E-state index in [9.17, 15) is 4.79 Å². The summed E-state index contributed by atoms with van der Waals surface area (Å²) in [7, 11) is 1.85. The van der Waals surface area contributed by atoms with Gasteiger partial charge >= 0.3 is 0 Å². The summed E-state index contributed by atoms with van der Waals surface area (Å²) in [5.74, 6) is 1.07. The Balaban J connectivity index is 1.38. The van der Waals surface area contributed by atoms with Crippen LogP contribution in [0.1, 0.15) is 41.4 Å². The lowest BCUT2D eigenvalue weighted by atomic mass is 9.96. The molecule has 0 spiro atoms. The Labute approximate surface area is 152 Å². The zero-order chi connectivity index (χ0) is 17.9. The number of hydrogen-bond acceptors (Lipinski definition) is 6. The highest BCUT2D eigenvalue weighted by Gasteiger charge is 2.27. The zero-order valence-corrected chi connectivity index (χ0v) is 15.0. The van der Waals surface area contributed by atoms with Crippen molar-refractivity contribution >= 4 is 11.9 Å². The third kappa shape index (κ3) is 3.70. The van der Waals surface area contributed by atoms with Crippen LogP contribution in [0.25, 0.3) is 0 Å². The van der Waals surface area contributed by atoms with E-state index in [1.165, 1.54) is 0 Å². The van der Waals surface area contributed by atoms with Gasteiger partial charge in [-0.15, -0.1) is 0 Å². The van der Waals surface area contributed by atoms with E-state index >= 15 is 0 Å². The molecular weight excluding hydrogens is 332 g/mol. The largest absolute Gasteiger partial charge is 0.381 e. The molecule has 0 bridgehead atoms. The molecule has 1 amide bonds. The molecule has 0 radical (unpaired) electrons. The number of rotatable bonds is 4. The Kier molecular flexibility index (Phi) is 4.83. The van der Waals surface area contributed by atoms with Gasteiger partial charge in [0.2, 0.25) is 5.95 Å². The van der Waals surface area contributed by atoms with Gasteiger partial charge in [0.05, 0.1) is 6.33 Å². The molecule has 2 aromatic rings. The van der Waals surface area contributed by atoms with Crippen molar-refractivity contribution < 1.29 is 9.53 Å². The molecule has 4 rings (SSSR count). The van der Waals surface area contributed by atoms with Gasteiger partial charge in [0, 0.05) is 63.4 Å². The second-order valence-electron chi connectivity index (χ2n) is 7.00. The molecule has 8 heteroatoms. The second kappa shape index (κ2) is 7.41. The van der Waals surface area contributed by atoms with Crippen molar-refractivity contribution in [3.63, 3.8) is 0 Å². The minimum Gasteiger partial charge on any atom is -0.381 e. The summed E-state index contributed by atoms with van der Waals surface area (Å²) < 4.78 is 7.21. The fourth-order valence-corrected chi connectivity index (χ4v) is 3.58. The number of carbonyl (C=O) groups is 1.